The summed E-state index contributed by atoms with van der Waals surface area (Å²) in [5, 5.41) is 2.58. The zero-order valence-electron chi connectivity index (χ0n) is 9.09. The van der Waals surface area contributed by atoms with Gasteiger partial charge in [-0.25, -0.2) is 4.79 Å². The van der Waals surface area contributed by atoms with Crippen LogP contribution >= 0.6 is 0 Å². The van der Waals surface area contributed by atoms with E-state index in [1.807, 2.05) is 25.1 Å². The van der Waals surface area contributed by atoms with Gasteiger partial charge in [0.2, 0.25) is 0 Å². The molecule has 0 fully saturated rings. The number of hydrogen-bond donors (Lipinski definition) is 1. The van der Waals surface area contributed by atoms with Gasteiger partial charge in [0.1, 0.15) is 0 Å². The molecule has 0 aliphatic rings. The van der Waals surface area contributed by atoms with Crippen LogP contribution < -0.4 is 10.2 Å². The molecule has 3 heteroatoms. The van der Waals surface area contributed by atoms with Crippen molar-refractivity contribution in [2.24, 2.45) is 0 Å². The Labute approximate surface area is 84.7 Å². The highest BCUT2D eigenvalue weighted by Gasteiger charge is 2.08. The van der Waals surface area contributed by atoms with Crippen LogP contribution in [0.5, 0.6) is 0 Å². The van der Waals surface area contributed by atoms with Gasteiger partial charge in [0, 0.05) is 19.8 Å². The van der Waals surface area contributed by atoms with Gasteiger partial charge in [-0.1, -0.05) is 6.07 Å². The lowest BCUT2D eigenvalue weighted by Crippen LogP contribution is -2.34. The summed E-state index contributed by atoms with van der Waals surface area (Å²) in [5.74, 6) is 0. The summed E-state index contributed by atoms with van der Waals surface area (Å²) in [6.07, 6.45) is 0. The van der Waals surface area contributed by atoms with E-state index in [0.29, 0.717) is 0 Å². The zero-order chi connectivity index (χ0) is 10.7. The normalized spacial score (nSPS) is 9.71. The van der Waals surface area contributed by atoms with Crippen molar-refractivity contribution < 1.29 is 4.79 Å². The first-order chi connectivity index (χ1) is 6.56. The Balaban J connectivity index is 2.96. The zero-order valence-corrected chi connectivity index (χ0v) is 9.09. The van der Waals surface area contributed by atoms with Gasteiger partial charge in [0.15, 0.2) is 0 Å². The molecule has 1 aromatic carbocycles. The highest BCUT2D eigenvalue weighted by molar-refractivity contribution is 5.91. The lowest BCUT2D eigenvalue weighted by molar-refractivity contribution is 0.249. The van der Waals surface area contributed by atoms with Crippen LogP contribution in [0.3, 0.4) is 0 Å². The molecule has 0 radical (unpaired) electrons. The fraction of sp³-hybridized carbons (Fsp3) is 0.364. The molecule has 0 atom stereocenters. The van der Waals surface area contributed by atoms with Crippen LogP contribution in [0, 0.1) is 13.8 Å². The molecule has 0 aliphatic carbocycles. The third kappa shape index (κ3) is 2.05. The number of hydrogen-bond acceptors (Lipinski definition) is 1. The summed E-state index contributed by atoms with van der Waals surface area (Å²) in [4.78, 5) is 12.9. The van der Waals surface area contributed by atoms with Gasteiger partial charge in [-0.3, -0.25) is 4.90 Å². The minimum atomic E-state index is -0.103. The molecule has 14 heavy (non-hydrogen) atoms. The summed E-state index contributed by atoms with van der Waals surface area (Å²) in [6, 6.07) is 5.86. The Morgan fingerprint density at radius 3 is 2.43 bits per heavy atom. The van der Waals surface area contributed by atoms with Crippen LogP contribution in [0.25, 0.3) is 0 Å². The number of benzene rings is 1. The van der Waals surface area contributed by atoms with Crippen molar-refractivity contribution in [1.29, 1.82) is 0 Å². The van der Waals surface area contributed by atoms with Gasteiger partial charge in [0.25, 0.3) is 0 Å². The molecule has 1 aromatic rings. The van der Waals surface area contributed by atoms with Crippen LogP contribution in [-0.4, -0.2) is 20.1 Å². The fourth-order valence-corrected chi connectivity index (χ4v) is 1.22. The Morgan fingerprint density at radius 1 is 1.29 bits per heavy atom. The van der Waals surface area contributed by atoms with Crippen LogP contribution in [0.4, 0.5) is 10.5 Å². The van der Waals surface area contributed by atoms with Gasteiger partial charge in [-0.15, -0.1) is 0 Å². The molecule has 0 spiro atoms. The van der Waals surface area contributed by atoms with Crippen LogP contribution in [0.15, 0.2) is 18.2 Å². The number of amides is 2. The average Bonchev–Trinajstić information content (AvgIpc) is 2.20. The topological polar surface area (TPSA) is 32.3 Å². The van der Waals surface area contributed by atoms with Gasteiger partial charge < -0.3 is 5.32 Å². The molecule has 76 valence electrons. The van der Waals surface area contributed by atoms with E-state index < -0.39 is 0 Å². The molecule has 3 nitrogen and oxygen atoms in total. The first-order valence-corrected chi connectivity index (χ1v) is 4.59. The van der Waals surface area contributed by atoms with Crippen molar-refractivity contribution >= 4 is 11.7 Å². The van der Waals surface area contributed by atoms with E-state index >= 15 is 0 Å². The molecular weight excluding hydrogens is 176 g/mol. The van der Waals surface area contributed by atoms with Crippen LogP contribution in [0.1, 0.15) is 11.1 Å². The molecule has 1 rings (SSSR count). The number of urea groups is 1. The second-order valence-corrected chi connectivity index (χ2v) is 3.38. The molecule has 0 aromatic heterocycles. The van der Waals surface area contributed by atoms with E-state index in [2.05, 4.69) is 12.2 Å². The van der Waals surface area contributed by atoms with E-state index in [1.54, 1.807) is 19.0 Å². The van der Waals surface area contributed by atoms with E-state index in [0.717, 1.165) is 5.69 Å². The van der Waals surface area contributed by atoms with Crippen molar-refractivity contribution in [2.45, 2.75) is 13.8 Å². The van der Waals surface area contributed by atoms with Gasteiger partial charge in [0.05, 0.1) is 0 Å². The molecule has 0 heterocycles. The Kier molecular flexibility index (Phi) is 3.12. The predicted octanol–water partition coefficient (Wildman–Crippen LogP) is 2.08. The summed E-state index contributed by atoms with van der Waals surface area (Å²) in [5.41, 5.74) is 3.34. The lowest BCUT2D eigenvalue weighted by atomic mass is 10.1. The SMILES string of the molecule is CNC(=O)N(C)c1ccc(C)c(C)c1. The monoisotopic (exact) mass is 192 g/mol. The standard InChI is InChI=1S/C11H16N2O/c1-8-5-6-10(7-9(8)2)13(4)11(14)12-3/h5-7H,1-4H3,(H,12,14). The Bertz CT molecular complexity index is 347. The van der Waals surface area contributed by atoms with Gasteiger partial charge in [-0.05, 0) is 37.1 Å². The second kappa shape index (κ2) is 4.13. The molecule has 2 amide bonds. The molecule has 1 N–H and O–H groups in total. The maximum atomic E-state index is 11.3. The van der Waals surface area contributed by atoms with Crippen LogP contribution in [-0.2, 0) is 0 Å². The Hall–Kier alpha value is -1.51. The van der Waals surface area contributed by atoms with Crippen molar-refractivity contribution in [1.82, 2.24) is 5.32 Å². The molecule has 0 saturated heterocycles. The number of carbonyl (C=O) groups excluding carboxylic acids is 1. The van der Waals surface area contributed by atoms with Crippen molar-refractivity contribution in [3.63, 3.8) is 0 Å². The first-order valence-electron chi connectivity index (χ1n) is 4.59. The first kappa shape index (κ1) is 10.6. The number of anilines is 1. The maximum Gasteiger partial charge on any atom is 0.321 e. The molecule has 0 unspecified atom stereocenters. The second-order valence-electron chi connectivity index (χ2n) is 3.38. The summed E-state index contributed by atoms with van der Waals surface area (Å²) < 4.78 is 0. The van der Waals surface area contributed by atoms with Crippen molar-refractivity contribution in [3.05, 3.63) is 29.3 Å². The molecule has 0 bridgehead atoms. The third-order valence-electron chi connectivity index (χ3n) is 2.40. The van der Waals surface area contributed by atoms with Crippen LogP contribution in [0.2, 0.25) is 0 Å². The molecule has 0 saturated carbocycles. The fourth-order valence-electron chi connectivity index (χ4n) is 1.22. The number of rotatable bonds is 1. The quantitative estimate of drug-likeness (QED) is 0.726. The predicted molar refractivity (Wildman–Crippen MR) is 58.8 cm³/mol. The average molecular weight is 192 g/mol. The maximum absolute atomic E-state index is 11.3. The number of nitrogens with zero attached hydrogens (tertiary/aromatic N) is 1. The Morgan fingerprint density at radius 2 is 1.93 bits per heavy atom. The number of nitrogens with one attached hydrogen (secondary N) is 1. The summed E-state index contributed by atoms with van der Waals surface area (Å²) >= 11 is 0. The minimum Gasteiger partial charge on any atom is -0.341 e. The van der Waals surface area contributed by atoms with Crippen molar-refractivity contribution in [3.8, 4) is 0 Å². The van der Waals surface area contributed by atoms with Gasteiger partial charge in [-0.2, -0.15) is 0 Å². The van der Waals surface area contributed by atoms with Gasteiger partial charge >= 0.3 is 6.03 Å². The number of aryl methyl sites for hydroxylation is 2. The summed E-state index contributed by atoms with van der Waals surface area (Å²) in [7, 11) is 3.38. The van der Waals surface area contributed by atoms with E-state index in [1.165, 1.54) is 11.1 Å². The lowest BCUT2D eigenvalue weighted by Gasteiger charge is -2.17. The van der Waals surface area contributed by atoms with E-state index in [4.69, 9.17) is 0 Å². The van der Waals surface area contributed by atoms with Crippen molar-refractivity contribution in [2.75, 3.05) is 19.0 Å². The molecular formula is C11H16N2O. The highest BCUT2D eigenvalue weighted by atomic mass is 16.2. The van der Waals surface area contributed by atoms with E-state index in [9.17, 15) is 4.79 Å². The minimum absolute atomic E-state index is 0.103. The highest BCUT2D eigenvalue weighted by Crippen LogP contribution is 2.17. The number of carbonyl (C=O) groups is 1. The molecule has 0 aliphatic heterocycles. The smallest absolute Gasteiger partial charge is 0.321 e. The van der Waals surface area contributed by atoms with E-state index in [-0.39, 0.29) is 6.03 Å². The largest absolute Gasteiger partial charge is 0.341 e. The third-order valence-corrected chi connectivity index (χ3v) is 2.40. The summed E-state index contributed by atoms with van der Waals surface area (Å²) in [6.45, 7) is 4.09.